The molecule has 0 bridgehead atoms. The molecule has 7 heteroatoms. The second kappa shape index (κ2) is 9.37. The minimum Gasteiger partial charge on any atom is -0.488 e. The average molecular weight is 477 g/mol. The molecule has 0 spiro atoms. The van der Waals surface area contributed by atoms with Crippen molar-refractivity contribution >= 4 is 33.6 Å². The van der Waals surface area contributed by atoms with E-state index in [0.717, 1.165) is 11.3 Å². The number of ether oxygens (including phenoxy) is 3. The Morgan fingerprint density at radius 2 is 1.90 bits per heavy atom. The van der Waals surface area contributed by atoms with E-state index in [9.17, 15) is 10.1 Å². The standard InChI is InChI=1S/C24H17BrN2O4/c25-20-11-16(10-18(13-26)24(28)27-19-4-2-1-3-5-19)6-8-21(20)29-14-17-7-9-22-23(12-17)31-15-30-22/h1-12H,14-15H2,(H,27,28)/b18-10-. The number of para-hydroxylation sites is 1. The van der Waals surface area contributed by atoms with Gasteiger partial charge in [-0.2, -0.15) is 5.26 Å². The number of nitrogens with zero attached hydrogens (tertiary/aromatic N) is 1. The van der Waals surface area contributed by atoms with E-state index in [1.807, 2.05) is 42.5 Å². The van der Waals surface area contributed by atoms with Gasteiger partial charge in [0.25, 0.3) is 5.91 Å². The van der Waals surface area contributed by atoms with Crippen LogP contribution in [-0.2, 0) is 11.4 Å². The SMILES string of the molecule is N#C/C(=C/c1ccc(OCc2ccc3c(c2)OCO3)c(Br)c1)C(=O)Nc1ccccc1. The third-order valence-electron chi connectivity index (χ3n) is 4.49. The highest BCUT2D eigenvalue weighted by atomic mass is 79.9. The number of hydrogen-bond donors (Lipinski definition) is 1. The first-order valence-corrected chi connectivity index (χ1v) is 10.2. The highest BCUT2D eigenvalue weighted by Crippen LogP contribution is 2.33. The summed E-state index contributed by atoms with van der Waals surface area (Å²) in [5.74, 6) is 1.61. The lowest BCUT2D eigenvalue weighted by Gasteiger charge is -2.10. The van der Waals surface area contributed by atoms with Crippen molar-refractivity contribution < 1.29 is 19.0 Å². The van der Waals surface area contributed by atoms with Crippen LogP contribution in [0.2, 0.25) is 0 Å². The van der Waals surface area contributed by atoms with Crippen molar-refractivity contribution in [2.24, 2.45) is 0 Å². The summed E-state index contributed by atoms with van der Waals surface area (Å²) < 4.78 is 17.3. The molecule has 6 nitrogen and oxygen atoms in total. The Morgan fingerprint density at radius 1 is 1.10 bits per heavy atom. The van der Waals surface area contributed by atoms with E-state index in [1.165, 1.54) is 6.08 Å². The van der Waals surface area contributed by atoms with Crippen LogP contribution in [0.4, 0.5) is 5.69 Å². The molecule has 0 saturated heterocycles. The summed E-state index contributed by atoms with van der Waals surface area (Å²) in [7, 11) is 0. The van der Waals surface area contributed by atoms with Crippen LogP contribution in [0.3, 0.4) is 0 Å². The maximum atomic E-state index is 12.4. The maximum Gasteiger partial charge on any atom is 0.266 e. The van der Waals surface area contributed by atoms with Gasteiger partial charge in [-0.25, -0.2) is 0 Å². The van der Waals surface area contributed by atoms with Crippen LogP contribution in [0, 0.1) is 11.3 Å². The number of fused-ring (bicyclic) bond motifs is 1. The van der Waals surface area contributed by atoms with E-state index in [1.54, 1.807) is 30.3 Å². The Kier molecular flexibility index (Phi) is 6.20. The largest absolute Gasteiger partial charge is 0.488 e. The molecular formula is C24H17BrN2O4. The number of hydrogen-bond acceptors (Lipinski definition) is 5. The Morgan fingerprint density at radius 3 is 2.68 bits per heavy atom. The number of anilines is 1. The van der Waals surface area contributed by atoms with Crippen molar-refractivity contribution in [1.29, 1.82) is 5.26 Å². The highest BCUT2D eigenvalue weighted by molar-refractivity contribution is 9.10. The molecule has 1 aliphatic rings. The molecule has 1 amide bonds. The van der Waals surface area contributed by atoms with Gasteiger partial charge in [-0.3, -0.25) is 4.79 Å². The number of rotatable bonds is 6. The minimum absolute atomic E-state index is 0.00443. The molecule has 1 N–H and O–H groups in total. The summed E-state index contributed by atoms with van der Waals surface area (Å²) in [5.41, 5.74) is 2.28. The van der Waals surface area contributed by atoms with E-state index in [4.69, 9.17) is 14.2 Å². The molecule has 4 rings (SSSR count). The fourth-order valence-electron chi connectivity index (χ4n) is 2.95. The Balaban J connectivity index is 1.43. The third kappa shape index (κ3) is 5.05. The van der Waals surface area contributed by atoms with Crippen molar-refractivity contribution in [2.75, 3.05) is 12.1 Å². The van der Waals surface area contributed by atoms with Crippen molar-refractivity contribution in [2.45, 2.75) is 6.61 Å². The zero-order valence-corrected chi connectivity index (χ0v) is 17.9. The summed E-state index contributed by atoms with van der Waals surface area (Å²) in [6.07, 6.45) is 1.53. The second-order valence-electron chi connectivity index (χ2n) is 6.66. The molecule has 31 heavy (non-hydrogen) atoms. The van der Waals surface area contributed by atoms with Gasteiger partial charge in [-0.15, -0.1) is 0 Å². The van der Waals surface area contributed by atoms with Gasteiger partial charge in [0.1, 0.15) is 24.0 Å². The monoisotopic (exact) mass is 476 g/mol. The molecule has 0 atom stereocenters. The molecule has 154 valence electrons. The number of benzene rings is 3. The van der Waals surface area contributed by atoms with E-state index < -0.39 is 5.91 Å². The molecule has 0 unspecified atom stereocenters. The van der Waals surface area contributed by atoms with Crippen LogP contribution in [0.15, 0.2) is 76.8 Å². The first-order valence-electron chi connectivity index (χ1n) is 9.41. The van der Waals surface area contributed by atoms with E-state index in [-0.39, 0.29) is 12.4 Å². The van der Waals surface area contributed by atoms with Crippen LogP contribution in [0.25, 0.3) is 6.08 Å². The Hall–Kier alpha value is -3.76. The summed E-state index contributed by atoms with van der Waals surface area (Å²) in [6, 6.07) is 22.0. The summed E-state index contributed by atoms with van der Waals surface area (Å²) >= 11 is 3.49. The molecule has 1 aliphatic heterocycles. The van der Waals surface area contributed by atoms with Crippen molar-refractivity contribution in [3.8, 4) is 23.3 Å². The zero-order chi connectivity index (χ0) is 21.6. The smallest absolute Gasteiger partial charge is 0.266 e. The summed E-state index contributed by atoms with van der Waals surface area (Å²) in [5, 5.41) is 12.1. The van der Waals surface area contributed by atoms with Crippen molar-refractivity contribution in [3.05, 3.63) is 87.9 Å². The summed E-state index contributed by atoms with van der Waals surface area (Å²) in [6.45, 7) is 0.585. The number of halogens is 1. The maximum absolute atomic E-state index is 12.4. The molecule has 1 heterocycles. The van der Waals surface area contributed by atoms with Gasteiger partial charge in [0, 0.05) is 5.69 Å². The molecule has 0 aliphatic carbocycles. The topological polar surface area (TPSA) is 80.6 Å². The molecular weight excluding hydrogens is 460 g/mol. The first kappa shape index (κ1) is 20.5. The minimum atomic E-state index is -0.465. The Bertz CT molecular complexity index is 1190. The number of nitriles is 1. The lowest BCUT2D eigenvalue weighted by molar-refractivity contribution is -0.112. The molecule has 0 fully saturated rings. The third-order valence-corrected chi connectivity index (χ3v) is 5.11. The number of carbonyl (C=O) groups excluding carboxylic acids is 1. The lowest BCUT2D eigenvalue weighted by Crippen LogP contribution is -2.13. The van der Waals surface area contributed by atoms with Gasteiger partial charge in [0.2, 0.25) is 6.79 Å². The second-order valence-corrected chi connectivity index (χ2v) is 7.51. The molecule has 3 aromatic carbocycles. The fourth-order valence-corrected chi connectivity index (χ4v) is 3.46. The van der Waals surface area contributed by atoms with Gasteiger partial charge in [-0.05, 0) is 69.5 Å². The van der Waals surface area contributed by atoms with Gasteiger partial charge < -0.3 is 19.5 Å². The molecule has 3 aromatic rings. The number of nitrogens with one attached hydrogen (secondary N) is 1. The fraction of sp³-hybridized carbons (Fsp3) is 0.0833. The van der Waals surface area contributed by atoms with E-state index in [0.29, 0.717) is 33.8 Å². The van der Waals surface area contributed by atoms with E-state index in [2.05, 4.69) is 21.2 Å². The highest BCUT2D eigenvalue weighted by Gasteiger charge is 2.14. The van der Waals surface area contributed by atoms with Crippen molar-refractivity contribution in [1.82, 2.24) is 0 Å². The van der Waals surface area contributed by atoms with Gasteiger partial charge in [0.05, 0.1) is 4.47 Å². The van der Waals surface area contributed by atoms with Crippen LogP contribution in [0.1, 0.15) is 11.1 Å². The van der Waals surface area contributed by atoms with Crippen molar-refractivity contribution in [3.63, 3.8) is 0 Å². The van der Waals surface area contributed by atoms with Crippen LogP contribution >= 0.6 is 15.9 Å². The quantitative estimate of drug-likeness (QED) is 0.385. The van der Waals surface area contributed by atoms with Gasteiger partial charge in [-0.1, -0.05) is 30.3 Å². The zero-order valence-electron chi connectivity index (χ0n) is 16.3. The first-order chi connectivity index (χ1) is 15.1. The molecule has 0 saturated carbocycles. The van der Waals surface area contributed by atoms with E-state index >= 15 is 0 Å². The number of amides is 1. The normalized spacial score (nSPS) is 12.2. The summed E-state index contributed by atoms with van der Waals surface area (Å²) in [4.78, 5) is 12.4. The van der Waals surface area contributed by atoms with Crippen LogP contribution in [0.5, 0.6) is 17.2 Å². The van der Waals surface area contributed by atoms with Crippen LogP contribution in [-0.4, -0.2) is 12.7 Å². The average Bonchev–Trinajstić information content (AvgIpc) is 3.25. The molecule has 0 aromatic heterocycles. The lowest BCUT2D eigenvalue weighted by atomic mass is 10.1. The van der Waals surface area contributed by atoms with Gasteiger partial charge in [0.15, 0.2) is 11.5 Å². The van der Waals surface area contributed by atoms with Gasteiger partial charge >= 0.3 is 0 Å². The molecule has 0 radical (unpaired) electrons. The van der Waals surface area contributed by atoms with Crippen LogP contribution < -0.4 is 19.5 Å². The Labute approximate surface area is 187 Å². The predicted molar refractivity (Wildman–Crippen MR) is 120 cm³/mol. The number of carbonyl (C=O) groups is 1. The predicted octanol–water partition coefficient (Wildman–Crippen LogP) is 5.30.